The predicted molar refractivity (Wildman–Crippen MR) is 91.5 cm³/mol. The van der Waals surface area contributed by atoms with Crippen molar-refractivity contribution in [3.8, 4) is 0 Å². The van der Waals surface area contributed by atoms with Crippen molar-refractivity contribution in [2.75, 3.05) is 4.90 Å². The number of nitrogens with two attached hydrogens (primary N) is 1. The number of amides is 2. The van der Waals surface area contributed by atoms with E-state index in [4.69, 9.17) is 5.73 Å². The maximum absolute atomic E-state index is 10.7. The number of nitrogens with one attached hydrogen (secondary N) is 1. The maximum atomic E-state index is 10.7. The van der Waals surface area contributed by atoms with Crippen molar-refractivity contribution in [1.82, 2.24) is 5.43 Å². The molecule has 0 radical (unpaired) electrons. The van der Waals surface area contributed by atoms with Gasteiger partial charge in [0.1, 0.15) is 0 Å². The topological polar surface area (TPSA) is 70.7 Å². The fourth-order valence-electron chi connectivity index (χ4n) is 3.70. The van der Waals surface area contributed by atoms with Crippen LogP contribution in [0.2, 0.25) is 0 Å². The lowest BCUT2D eigenvalue weighted by molar-refractivity contribution is 0.249. The zero-order valence-electron chi connectivity index (χ0n) is 14.1. The molecule has 1 aromatic rings. The smallest absolute Gasteiger partial charge is 0.332 e. The summed E-state index contributed by atoms with van der Waals surface area (Å²) in [5, 5.41) is 3.83. The predicted octanol–water partition coefficient (Wildman–Crippen LogP) is 3.19. The third kappa shape index (κ3) is 3.24. The van der Waals surface area contributed by atoms with E-state index in [1.54, 1.807) is 6.21 Å². The Bertz CT molecular complexity index is 592. The average Bonchev–Trinajstić information content (AvgIpc) is 2.37. The van der Waals surface area contributed by atoms with Gasteiger partial charge in [-0.3, -0.25) is 0 Å². The molecule has 5 nitrogen and oxygen atoms in total. The number of hydrazone groups is 1. The van der Waals surface area contributed by atoms with Gasteiger partial charge in [0.05, 0.1) is 6.21 Å². The van der Waals surface area contributed by atoms with E-state index < -0.39 is 6.03 Å². The Morgan fingerprint density at radius 1 is 1.50 bits per heavy atom. The number of urea groups is 1. The highest BCUT2D eigenvalue weighted by Crippen LogP contribution is 2.44. The molecule has 0 spiro atoms. The summed E-state index contributed by atoms with van der Waals surface area (Å²) in [6, 6.07) is 6.11. The van der Waals surface area contributed by atoms with Crippen LogP contribution in [-0.2, 0) is 0 Å². The van der Waals surface area contributed by atoms with Crippen LogP contribution in [0, 0.1) is 0 Å². The van der Waals surface area contributed by atoms with Crippen molar-refractivity contribution in [1.29, 1.82) is 0 Å². The molecule has 3 N–H and O–H groups in total. The lowest BCUT2D eigenvalue weighted by atomic mass is 9.79. The maximum Gasteiger partial charge on any atom is 0.332 e. The minimum Gasteiger partial charge on any atom is -0.364 e. The number of carbonyl (C=O) groups excluding carboxylic acids is 1. The van der Waals surface area contributed by atoms with Crippen LogP contribution in [0.25, 0.3) is 0 Å². The number of primary amides is 1. The van der Waals surface area contributed by atoms with Crippen molar-refractivity contribution < 1.29 is 4.79 Å². The van der Waals surface area contributed by atoms with Crippen LogP contribution in [0.3, 0.4) is 0 Å². The number of hydrogen-bond donors (Lipinski definition) is 2. The van der Waals surface area contributed by atoms with Gasteiger partial charge >= 0.3 is 6.03 Å². The fraction of sp³-hybridized carbons (Fsp3) is 0.529. The Morgan fingerprint density at radius 3 is 2.77 bits per heavy atom. The normalized spacial score (nSPS) is 20.3. The molecule has 1 aliphatic heterocycles. The number of benzene rings is 1. The highest BCUT2D eigenvalue weighted by atomic mass is 16.2. The summed E-state index contributed by atoms with van der Waals surface area (Å²) >= 11 is 0. The molecule has 2 amide bonds. The Morgan fingerprint density at radius 2 is 2.18 bits per heavy atom. The van der Waals surface area contributed by atoms with Crippen LogP contribution in [0.1, 0.15) is 58.1 Å². The van der Waals surface area contributed by atoms with Gasteiger partial charge in [0.15, 0.2) is 0 Å². The standard InChI is InChI=1S/C17H26N4O/c1-11(2)21-15-7-6-13(10-19-20-16(18)22)8-14(15)12(3)9-17(21,4)5/h6-8,10-12H,9H2,1-5H3,(H3,18,20,22)/b19-10-/t12-/m0/s1. The number of fused-ring (bicyclic) bond motifs is 1. The third-order valence-corrected chi connectivity index (χ3v) is 4.20. The van der Waals surface area contributed by atoms with E-state index in [2.05, 4.69) is 62.2 Å². The summed E-state index contributed by atoms with van der Waals surface area (Å²) < 4.78 is 0. The molecular weight excluding hydrogens is 276 g/mol. The van der Waals surface area contributed by atoms with Crippen molar-refractivity contribution in [3.05, 3.63) is 29.3 Å². The second-order valence-corrected chi connectivity index (χ2v) is 6.93. The molecule has 0 saturated carbocycles. The number of nitrogens with zero attached hydrogens (tertiary/aromatic N) is 2. The van der Waals surface area contributed by atoms with Gasteiger partial charge in [-0.25, -0.2) is 10.2 Å². The van der Waals surface area contributed by atoms with E-state index in [1.165, 1.54) is 11.3 Å². The number of hydrogen-bond acceptors (Lipinski definition) is 3. The van der Waals surface area contributed by atoms with Crippen molar-refractivity contribution in [2.45, 2.75) is 58.5 Å². The zero-order valence-corrected chi connectivity index (χ0v) is 14.1. The first-order valence-corrected chi connectivity index (χ1v) is 7.74. The highest BCUT2D eigenvalue weighted by molar-refractivity contribution is 5.83. The summed E-state index contributed by atoms with van der Waals surface area (Å²) in [5.41, 5.74) is 10.9. The lowest BCUT2D eigenvalue weighted by Gasteiger charge is -2.50. The first-order valence-electron chi connectivity index (χ1n) is 7.74. The van der Waals surface area contributed by atoms with Gasteiger partial charge in [-0.05, 0) is 63.3 Å². The molecular formula is C17H26N4O. The van der Waals surface area contributed by atoms with Gasteiger partial charge in [-0.15, -0.1) is 0 Å². The van der Waals surface area contributed by atoms with E-state index in [0.717, 1.165) is 12.0 Å². The SMILES string of the molecule is CC(C)N1c2ccc(/C=N\NC(N)=O)cc2[C@@H](C)CC1(C)C. The Kier molecular flexibility index (Phi) is 4.44. The molecule has 0 saturated heterocycles. The summed E-state index contributed by atoms with van der Waals surface area (Å²) in [7, 11) is 0. The summed E-state index contributed by atoms with van der Waals surface area (Å²) in [5.74, 6) is 0.484. The third-order valence-electron chi connectivity index (χ3n) is 4.20. The van der Waals surface area contributed by atoms with E-state index in [0.29, 0.717) is 12.0 Å². The second-order valence-electron chi connectivity index (χ2n) is 6.93. The van der Waals surface area contributed by atoms with Crippen LogP contribution in [-0.4, -0.2) is 23.8 Å². The number of anilines is 1. The van der Waals surface area contributed by atoms with Gasteiger partial charge in [0.25, 0.3) is 0 Å². The first kappa shape index (κ1) is 16.3. The molecule has 0 fully saturated rings. The van der Waals surface area contributed by atoms with Gasteiger partial charge in [0, 0.05) is 17.3 Å². The molecule has 0 aromatic heterocycles. The van der Waals surface area contributed by atoms with E-state index in [-0.39, 0.29) is 5.54 Å². The summed E-state index contributed by atoms with van der Waals surface area (Å²) in [6.07, 6.45) is 2.73. The molecule has 2 rings (SSSR count). The minimum absolute atomic E-state index is 0.143. The van der Waals surface area contributed by atoms with E-state index in [1.807, 2.05) is 6.07 Å². The molecule has 22 heavy (non-hydrogen) atoms. The molecule has 0 unspecified atom stereocenters. The molecule has 1 atom stereocenters. The molecule has 5 heteroatoms. The van der Waals surface area contributed by atoms with Gasteiger partial charge in [-0.2, -0.15) is 5.10 Å². The van der Waals surface area contributed by atoms with E-state index >= 15 is 0 Å². The molecule has 120 valence electrons. The molecule has 1 aromatic carbocycles. The van der Waals surface area contributed by atoms with Crippen molar-refractivity contribution in [2.24, 2.45) is 10.8 Å². The monoisotopic (exact) mass is 302 g/mol. The van der Waals surface area contributed by atoms with Crippen LogP contribution in [0.5, 0.6) is 0 Å². The van der Waals surface area contributed by atoms with E-state index in [9.17, 15) is 4.79 Å². The van der Waals surface area contributed by atoms with Crippen LogP contribution in [0.4, 0.5) is 10.5 Å². The van der Waals surface area contributed by atoms with Crippen molar-refractivity contribution in [3.63, 3.8) is 0 Å². The van der Waals surface area contributed by atoms with Gasteiger partial charge in [0.2, 0.25) is 0 Å². The Balaban J connectivity index is 2.38. The lowest BCUT2D eigenvalue weighted by Crippen LogP contribution is -2.51. The first-order chi connectivity index (χ1) is 10.2. The highest BCUT2D eigenvalue weighted by Gasteiger charge is 2.37. The summed E-state index contributed by atoms with van der Waals surface area (Å²) in [4.78, 5) is 13.1. The fourth-order valence-corrected chi connectivity index (χ4v) is 3.70. The molecule has 0 bridgehead atoms. The minimum atomic E-state index is -0.657. The number of rotatable bonds is 3. The van der Waals surface area contributed by atoms with Gasteiger partial charge < -0.3 is 10.6 Å². The Labute approximate surface area is 132 Å². The largest absolute Gasteiger partial charge is 0.364 e. The molecule has 1 aliphatic rings. The molecule has 0 aliphatic carbocycles. The van der Waals surface area contributed by atoms with Gasteiger partial charge in [-0.1, -0.05) is 13.0 Å². The average molecular weight is 302 g/mol. The number of carbonyl (C=O) groups is 1. The van der Waals surface area contributed by atoms with Crippen LogP contribution in [0.15, 0.2) is 23.3 Å². The zero-order chi connectivity index (χ0) is 16.5. The molecule has 1 heterocycles. The van der Waals surface area contributed by atoms with Crippen LogP contribution < -0.4 is 16.1 Å². The second kappa shape index (κ2) is 5.99. The van der Waals surface area contributed by atoms with Crippen LogP contribution >= 0.6 is 0 Å². The summed E-state index contributed by atoms with van der Waals surface area (Å²) in [6.45, 7) is 11.3. The quantitative estimate of drug-likeness (QED) is 0.665. The van der Waals surface area contributed by atoms with Crippen molar-refractivity contribution >= 4 is 17.9 Å². The Hall–Kier alpha value is -2.04.